The third-order valence-corrected chi connectivity index (χ3v) is 4.85. The molecule has 2 aromatic rings. The number of phenols is 2. The molecule has 0 saturated heterocycles. The minimum Gasteiger partial charge on any atom is -0.508 e. The summed E-state index contributed by atoms with van der Waals surface area (Å²) in [6.45, 7) is 9.43. The number of hydrogen-bond donors (Lipinski definition) is 2. The summed E-state index contributed by atoms with van der Waals surface area (Å²) in [5.74, 6) is 0.672. The highest BCUT2D eigenvalue weighted by atomic mass is 16.3. The minimum absolute atomic E-state index is 0.0487. The highest BCUT2D eigenvalue weighted by molar-refractivity contribution is 5.92. The summed E-state index contributed by atoms with van der Waals surface area (Å²) in [7, 11) is 0. The number of carbonyl (C=O) groups excluding carboxylic acids is 1. The van der Waals surface area contributed by atoms with Gasteiger partial charge in [0.1, 0.15) is 11.5 Å². The Hall–Kier alpha value is -2.49. The molecule has 4 heteroatoms. The Morgan fingerprint density at radius 1 is 0.885 bits per heavy atom. The van der Waals surface area contributed by atoms with Crippen LogP contribution in [0.1, 0.15) is 45.2 Å². The number of rotatable bonds is 7. The van der Waals surface area contributed by atoms with Crippen LogP contribution in [0.5, 0.6) is 11.5 Å². The van der Waals surface area contributed by atoms with Gasteiger partial charge in [-0.3, -0.25) is 4.79 Å². The van der Waals surface area contributed by atoms with E-state index in [4.69, 9.17) is 0 Å². The van der Waals surface area contributed by atoms with Gasteiger partial charge in [-0.15, -0.1) is 0 Å². The molecule has 2 N–H and O–H groups in total. The summed E-state index contributed by atoms with van der Waals surface area (Å²) < 4.78 is 0. The molecule has 0 aromatic heterocycles. The zero-order valence-corrected chi connectivity index (χ0v) is 16.1. The Kier molecular flexibility index (Phi) is 6.30. The maximum atomic E-state index is 13.7. The first-order chi connectivity index (χ1) is 12.3. The van der Waals surface area contributed by atoms with E-state index in [0.29, 0.717) is 19.5 Å². The second-order valence-corrected chi connectivity index (χ2v) is 7.07. The van der Waals surface area contributed by atoms with Crippen LogP contribution in [0.25, 0.3) is 0 Å². The van der Waals surface area contributed by atoms with Gasteiger partial charge in [-0.2, -0.15) is 0 Å². The lowest BCUT2D eigenvalue weighted by Crippen LogP contribution is -2.48. The molecule has 1 amide bonds. The number of nitrogens with zero attached hydrogens (tertiary/aromatic N) is 1. The zero-order chi connectivity index (χ0) is 19.3. The summed E-state index contributed by atoms with van der Waals surface area (Å²) in [6, 6.07) is 13.8. The SMILES string of the molecule is CCN(CC)C(=O)C(CC(C)C)(c1ccc(O)cc1)c1ccc(O)cc1. The second-order valence-electron chi connectivity index (χ2n) is 7.07. The molecule has 0 unspecified atom stereocenters. The first-order valence-corrected chi connectivity index (χ1v) is 9.23. The monoisotopic (exact) mass is 355 g/mol. The molecule has 0 aliphatic rings. The van der Waals surface area contributed by atoms with Gasteiger partial charge >= 0.3 is 0 Å². The Labute approximate surface area is 156 Å². The maximum absolute atomic E-state index is 13.7. The predicted molar refractivity (Wildman–Crippen MR) is 104 cm³/mol. The Morgan fingerprint density at radius 3 is 1.58 bits per heavy atom. The average molecular weight is 355 g/mol. The number of hydrogen-bond acceptors (Lipinski definition) is 3. The summed E-state index contributed by atoms with van der Waals surface area (Å²) in [5.41, 5.74) is 0.847. The number of benzene rings is 2. The lowest BCUT2D eigenvalue weighted by molar-refractivity contribution is -0.136. The van der Waals surface area contributed by atoms with Gasteiger partial charge < -0.3 is 15.1 Å². The van der Waals surface area contributed by atoms with Gasteiger partial charge in [0.2, 0.25) is 5.91 Å². The lowest BCUT2D eigenvalue weighted by atomic mass is 9.68. The molecule has 0 bridgehead atoms. The van der Waals surface area contributed by atoms with Crippen molar-refractivity contribution in [3.05, 3.63) is 59.7 Å². The van der Waals surface area contributed by atoms with Crippen molar-refractivity contribution >= 4 is 5.91 Å². The number of aromatic hydroxyl groups is 2. The zero-order valence-electron chi connectivity index (χ0n) is 16.1. The van der Waals surface area contributed by atoms with Crippen molar-refractivity contribution in [1.29, 1.82) is 0 Å². The van der Waals surface area contributed by atoms with Crippen LogP contribution in [0.3, 0.4) is 0 Å². The van der Waals surface area contributed by atoms with Crippen molar-refractivity contribution in [3.8, 4) is 11.5 Å². The smallest absolute Gasteiger partial charge is 0.237 e. The van der Waals surface area contributed by atoms with E-state index in [1.807, 2.05) is 43.0 Å². The molecule has 26 heavy (non-hydrogen) atoms. The van der Waals surface area contributed by atoms with Crippen LogP contribution in [0.4, 0.5) is 0 Å². The van der Waals surface area contributed by atoms with Crippen LogP contribution < -0.4 is 0 Å². The van der Waals surface area contributed by atoms with Crippen LogP contribution in [0.2, 0.25) is 0 Å². The molecule has 2 rings (SSSR count). The van der Waals surface area contributed by atoms with E-state index in [0.717, 1.165) is 11.1 Å². The van der Waals surface area contributed by atoms with Crippen LogP contribution in [-0.2, 0) is 10.2 Å². The lowest BCUT2D eigenvalue weighted by Gasteiger charge is -2.39. The first kappa shape index (κ1) is 19.8. The Morgan fingerprint density at radius 2 is 1.27 bits per heavy atom. The molecule has 0 saturated carbocycles. The molecule has 140 valence electrons. The molecule has 0 radical (unpaired) electrons. The topological polar surface area (TPSA) is 60.8 Å². The Balaban J connectivity index is 2.75. The van der Waals surface area contributed by atoms with E-state index in [1.54, 1.807) is 24.3 Å². The molecule has 0 aliphatic heterocycles. The highest BCUT2D eigenvalue weighted by Crippen LogP contribution is 2.41. The van der Waals surface area contributed by atoms with Gasteiger partial charge in [-0.25, -0.2) is 0 Å². The van der Waals surface area contributed by atoms with E-state index in [1.165, 1.54) is 0 Å². The fourth-order valence-corrected chi connectivity index (χ4v) is 3.62. The van der Waals surface area contributed by atoms with Gasteiger partial charge in [-0.1, -0.05) is 38.1 Å². The molecule has 4 nitrogen and oxygen atoms in total. The van der Waals surface area contributed by atoms with Crippen LogP contribution in [-0.4, -0.2) is 34.1 Å². The van der Waals surface area contributed by atoms with E-state index in [9.17, 15) is 15.0 Å². The molecule has 0 heterocycles. The van der Waals surface area contributed by atoms with Crippen LogP contribution >= 0.6 is 0 Å². The molecule has 2 aromatic carbocycles. The summed E-state index contributed by atoms with van der Waals surface area (Å²) in [5, 5.41) is 19.4. The fraction of sp³-hybridized carbons (Fsp3) is 0.409. The van der Waals surface area contributed by atoms with E-state index >= 15 is 0 Å². The molecule has 0 fully saturated rings. The largest absolute Gasteiger partial charge is 0.508 e. The minimum atomic E-state index is -0.860. The number of likely N-dealkylation sites (N-methyl/N-ethyl adjacent to an activating group) is 1. The van der Waals surface area contributed by atoms with Gasteiger partial charge in [0.15, 0.2) is 0 Å². The quantitative estimate of drug-likeness (QED) is 0.778. The molecule has 0 spiro atoms. The normalized spacial score (nSPS) is 11.6. The number of carbonyl (C=O) groups is 1. The molecular formula is C22H29NO3. The molecule has 0 atom stereocenters. The third kappa shape index (κ3) is 3.85. The van der Waals surface area contributed by atoms with Crippen LogP contribution in [0, 0.1) is 5.92 Å². The third-order valence-electron chi connectivity index (χ3n) is 4.85. The predicted octanol–water partition coefficient (Wildman–Crippen LogP) is 4.30. The van der Waals surface area contributed by atoms with Crippen molar-refractivity contribution < 1.29 is 15.0 Å². The first-order valence-electron chi connectivity index (χ1n) is 9.23. The van der Waals surface area contributed by atoms with Crippen molar-refractivity contribution in [2.24, 2.45) is 5.92 Å². The van der Waals surface area contributed by atoms with Gasteiger partial charge in [0.05, 0.1) is 5.41 Å². The van der Waals surface area contributed by atoms with Crippen molar-refractivity contribution in [1.82, 2.24) is 4.90 Å². The summed E-state index contributed by atoms with van der Waals surface area (Å²) in [6.07, 6.45) is 0.637. The van der Waals surface area contributed by atoms with Crippen molar-refractivity contribution in [2.75, 3.05) is 13.1 Å². The van der Waals surface area contributed by atoms with Gasteiger partial charge in [0, 0.05) is 13.1 Å². The number of phenolic OH excluding ortho intramolecular Hbond substituents is 2. The standard InChI is InChI=1S/C22H29NO3/c1-5-23(6-2)21(26)22(15-16(3)4,17-7-11-19(24)12-8-17)18-9-13-20(25)14-10-18/h7-14,16,24-25H,5-6,15H2,1-4H3. The van der Waals surface area contributed by atoms with E-state index in [2.05, 4.69) is 13.8 Å². The average Bonchev–Trinajstić information content (AvgIpc) is 2.62. The Bertz CT molecular complexity index is 671. The summed E-state index contributed by atoms with van der Waals surface area (Å²) >= 11 is 0. The van der Waals surface area contributed by atoms with Crippen molar-refractivity contribution in [2.45, 2.75) is 39.5 Å². The highest BCUT2D eigenvalue weighted by Gasteiger charge is 2.44. The van der Waals surface area contributed by atoms with Crippen molar-refractivity contribution in [3.63, 3.8) is 0 Å². The summed E-state index contributed by atoms with van der Waals surface area (Å²) in [4.78, 5) is 15.6. The molecule has 0 aliphatic carbocycles. The number of amides is 1. The van der Waals surface area contributed by atoms with E-state index in [-0.39, 0.29) is 23.3 Å². The fourth-order valence-electron chi connectivity index (χ4n) is 3.62. The van der Waals surface area contributed by atoms with E-state index < -0.39 is 5.41 Å². The second kappa shape index (κ2) is 8.26. The maximum Gasteiger partial charge on any atom is 0.237 e. The van der Waals surface area contributed by atoms with Gasteiger partial charge in [0.25, 0.3) is 0 Å². The van der Waals surface area contributed by atoms with Gasteiger partial charge in [-0.05, 0) is 61.6 Å². The van der Waals surface area contributed by atoms with Crippen LogP contribution in [0.15, 0.2) is 48.5 Å². The molecular weight excluding hydrogens is 326 g/mol.